The van der Waals surface area contributed by atoms with Gasteiger partial charge in [-0.2, -0.15) is 0 Å². The summed E-state index contributed by atoms with van der Waals surface area (Å²) in [5.41, 5.74) is 1.17. The number of carbonyl (C=O) groups excluding carboxylic acids is 2. The van der Waals surface area contributed by atoms with Gasteiger partial charge in [0.05, 0.1) is 19.1 Å². The lowest BCUT2D eigenvalue weighted by atomic mass is 10.1. The molecule has 1 atom stereocenters. The first-order chi connectivity index (χ1) is 15.8. The van der Waals surface area contributed by atoms with E-state index in [0.717, 1.165) is 16.1 Å². The number of nitrogens with zero attached hydrogens (tertiary/aromatic N) is 2. The molecule has 34 heavy (non-hydrogen) atoms. The summed E-state index contributed by atoms with van der Waals surface area (Å²) in [4.78, 5) is 27.4. The molecular formula is C24H32FN3O5S. The zero-order valence-corrected chi connectivity index (χ0v) is 21.1. The maximum absolute atomic E-state index is 14.4. The largest absolute Gasteiger partial charge is 0.495 e. The molecule has 0 fully saturated rings. The molecule has 0 unspecified atom stereocenters. The minimum absolute atomic E-state index is 0.176. The number of rotatable bonds is 10. The molecule has 2 aromatic rings. The molecule has 186 valence electrons. The Morgan fingerprint density at radius 1 is 1.12 bits per heavy atom. The van der Waals surface area contributed by atoms with Crippen molar-refractivity contribution in [1.82, 2.24) is 10.2 Å². The van der Waals surface area contributed by atoms with Crippen LogP contribution in [-0.2, 0) is 26.2 Å². The first-order valence-electron chi connectivity index (χ1n) is 10.8. The van der Waals surface area contributed by atoms with Gasteiger partial charge in [0.15, 0.2) is 0 Å². The smallest absolute Gasteiger partial charge is 0.244 e. The van der Waals surface area contributed by atoms with Crippen molar-refractivity contribution in [2.75, 3.05) is 24.2 Å². The zero-order valence-electron chi connectivity index (χ0n) is 20.3. The van der Waals surface area contributed by atoms with Gasteiger partial charge in [-0.05, 0) is 51.5 Å². The lowest BCUT2D eigenvalue weighted by Gasteiger charge is -2.32. The predicted molar refractivity (Wildman–Crippen MR) is 130 cm³/mol. The van der Waals surface area contributed by atoms with E-state index in [0.29, 0.717) is 0 Å². The van der Waals surface area contributed by atoms with Crippen LogP contribution >= 0.6 is 0 Å². The van der Waals surface area contributed by atoms with Gasteiger partial charge in [-0.1, -0.05) is 24.3 Å². The molecule has 0 saturated heterocycles. The molecule has 0 spiro atoms. The topological polar surface area (TPSA) is 96.0 Å². The summed E-state index contributed by atoms with van der Waals surface area (Å²) in [6.45, 7) is 6.07. The van der Waals surface area contributed by atoms with Gasteiger partial charge in [0.1, 0.15) is 24.2 Å². The van der Waals surface area contributed by atoms with E-state index in [2.05, 4.69) is 5.32 Å². The van der Waals surface area contributed by atoms with Crippen molar-refractivity contribution in [3.05, 3.63) is 59.4 Å². The maximum Gasteiger partial charge on any atom is 0.244 e. The van der Waals surface area contributed by atoms with Crippen molar-refractivity contribution in [2.24, 2.45) is 0 Å². The van der Waals surface area contributed by atoms with Crippen molar-refractivity contribution in [2.45, 2.75) is 46.3 Å². The number of sulfonamides is 1. The average Bonchev–Trinajstić information content (AvgIpc) is 2.75. The zero-order chi connectivity index (χ0) is 25.6. The number of ether oxygens (including phenoxy) is 1. The number of methoxy groups -OCH3 is 1. The van der Waals surface area contributed by atoms with Crippen LogP contribution in [0.25, 0.3) is 0 Å². The summed E-state index contributed by atoms with van der Waals surface area (Å²) >= 11 is 0. The number of halogens is 1. The molecule has 0 heterocycles. The maximum atomic E-state index is 14.4. The minimum Gasteiger partial charge on any atom is -0.495 e. The van der Waals surface area contributed by atoms with Gasteiger partial charge in [0.2, 0.25) is 21.8 Å². The van der Waals surface area contributed by atoms with E-state index in [9.17, 15) is 22.4 Å². The number of amides is 2. The SMILES string of the molecule is COc1ccc(C)cc1N(CC(=O)N(Cc1ccccc1F)[C@@H](C)C(=O)NC(C)C)S(C)(=O)=O. The third kappa shape index (κ3) is 6.93. The van der Waals surface area contributed by atoms with E-state index < -0.39 is 40.2 Å². The van der Waals surface area contributed by atoms with E-state index in [1.165, 1.54) is 37.1 Å². The Bertz CT molecular complexity index is 1140. The third-order valence-electron chi connectivity index (χ3n) is 5.18. The molecule has 2 aromatic carbocycles. The molecular weight excluding hydrogens is 461 g/mol. The summed E-state index contributed by atoms with van der Waals surface area (Å²) < 4.78 is 46.0. The van der Waals surface area contributed by atoms with Crippen LogP contribution < -0.4 is 14.4 Å². The lowest BCUT2D eigenvalue weighted by molar-refractivity contribution is -0.139. The summed E-state index contributed by atoms with van der Waals surface area (Å²) in [5, 5.41) is 2.74. The van der Waals surface area contributed by atoms with Gasteiger partial charge >= 0.3 is 0 Å². The fraction of sp³-hybridized carbons (Fsp3) is 0.417. The van der Waals surface area contributed by atoms with Crippen molar-refractivity contribution >= 4 is 27.5 Å². The van der Waals surface area contributed by atoms with E-state index in [1.54, 1.807) is 45.0 Å². The number of hydrogen-bond acceptors (Lipinski definition) is 5. The van der Waals surface area contributed by atoms with E-state index in [1.807, 2.05) is 0 Å². The monoisotopic (exact) mass is 493 g/mol. The number of carbonyl (C=O) groups is 2. The molecule has 0 aliphatic heterocycles. The molecule has 0 bridgehead atoms. The van der Waals surface area contributed by atoms with Crippen molar-refractivity contribution in [3.63, 3.8) is 0 Å². The Morgan fingerprint density at radius 3 is 2.32 bits per heavy atom. The molecule has 0 saturated carbocycles. The third-order valence-corrected chi connectivity index (χ3v) is 6.31. The Morgan fingerprint density at radius 2 is 1.76 bits per heavy atom. The van der Waals surface area contributed by atoms with Crippen molar-refractivity contribution in [1.29, 1.82) is 0 Å². The molecule has 8 nitrogen and oxygen atoms in total. The number of hydrogen-bond donors (Lipinski definition) is 1. The summed E-state index contributed by atoms with van der Waals surface area (Å²) in [6, 6.07) is 9.74. The molecule has 0 aromatic heterocycles. The normalized spacial score (nSPS) is 12.2. The van der Waals surface area contributed by atoms with Crippen molar-refractivity contribution in [3.8, 4) is 5.75 Å². The Balaban J connectivity index is 2.48. The molecule has 0 aliphatic carbocycles. The second-order valence-corrected chi connectivity index (χ2v) is 10.3. The van der Waals surface area contributed by atoms with Gasteiger partial charge in [-0.15, -0.1) is 0 Å². The Hall–Kier alpha value is -3.14. The lowest BCUT2D eigenvalue weighted by Crippen LogP contribution is -2.52. The fourth-order valence-electron chi connectivity index (χ4n) is 3.39. The first kappa shape index (κ1) is 27.1. The van der Waals surface area contributed by atoms with Gasteiger partial charge in [-0.25, -0.2) is 12.8 Å². The van der Waals surface area contributed by atoms with Crippen LogP contribution in [0.4, 0.5) is 10.1 Å². The van der Waals surface area contributed by atoms with E-state index in [4.69, 9.17) is 4.74 Å². The second kappa shape index (κ2) is 11.3. The second-order valence-electron chi connectivity index (χ2n) is 8.40. The highest BCUT2D eigenvalue weighted by Crippen LogP contribution is 2.31. The van der Waals surface area contributed by atoms with Gasteiger partial charge in [-0.3, -0.25) is 13.9 Å². The van der Waals surface area contributed by atoms with E-state index >= 15 is 0 Å². The molecule has 0 radical (unpaired) electrons. The van der Waals surface area contributed by atoms with Crippen LogP contribution in [-0.4, -0.2) is 57.1 Å². The molecule has 0 aliphatic rings. The standard InChI is InChI=1S/C24H32FN3O5S/c1-16(2)26-24(30)18(4)27(14-19-9-7-8-10-20(19)25)23(29)15-28(34(6,31)32)21-13-17(3)11-12-22(21)33-5/h7-13,16,18H,14-15H2,1-6H3,(H,26,30)/t18-/m0/s1. The highest BCUT2D eigenvalue weighted by Gasteiger charge is 2.31. The summed E-state index contributed by atoms with van der Waals surface area (Å²) in [7, 11) is -2.51. The number of benzene rings is 2. The molecule has 10 heteroatoms. The molecule has 2 rings (SSSR count). The molecule has 1 N–H and O–H groups in total. The van der Waals surface area contributed by atoms with Crippen LogP contribution in [0.3, 0.4) is 0 Å². The van der Waals surface area contributed by atoms with E-state index in [-0.39, 0.29) is 29.6 Å². The van der Waals surface area contributed by atoms with Crippen LogP contribution in [0, 0.1) is 12.7 Å². The number of anilines is 1. The van der Waals surface area contributed by atoms with Crippen LogP contribution in [0.2, 0.25) is 0 Å². The highest BCUT2D eigenvalue weighted by atomic mass is 32.2. The Kier molecular flexibility index (Phi) is 9.03. The summed E-state index contributed by atoms with van der Waals surface area (Å²) in [5.74, 6) is -1.35. The van der Waals surface area contributed by atoms with Crippen LogP contribution in [0.1, 0.15) is 31.9 Å². The molecule has 2 amide bonds. The number of aryl methyl sites for hydroxylation is 1. The van der Waals surface area contributed by atoms with Crippen LogP contribution in [0.15, 0.2) is 42.5 Å². The Labute approximate surface area is 200 Å². The van der Waals surface area contributed by atoms with Crippen LogP contribution in [0.5, 0.6) is 5.75 Å². The minimum atomic E-state index is -3.91. The predicted octanol–water partition coefficient (Wildman–Crippen LogP) is 2.85. The summed E-state index contributed by atoms with van der Waals surface area (Å²) in [6.07, 6.45) is 0.984. The van der Waals surface area contributed by atoms with Gasteiger partial charge < -0.3 is 15.0 Å². The number of nitrogens with one attached hydrogen (secondary N) is 1. The highest BCUT2D eigenvalue weighted by molar-refractivity contribution is 7.92. The average molecular weight is 494 g/mol. The first-order valence-corrected chi connectivity index (χ1v) is 12.7. The van der Waals surface area contributed by atoms with Gasteiger partial charge in [0, 0.05) is 18.2 Å². The van der Waals surface area contributed by atoms with Gasteiger partial charge in [0.25, 0.3) is 0 Å². The quantitative estimate of drug-likeness (QED) is 0.549. The fourth-order valence-corrected chi connectivity index (χ4v) is 4.23. The van der Waals surface area contributed by atoms with Crippen molar-refractivity contribution < 1.29 is 27.1 Å².